The molecule has 0 saturated carbocycles. The fourth-order valence-corrected chi connectivity index (χ4v) is 3.37. The van der Waals surface area contributed by atoms with Crippen LogP contribution < -0.4 is 4.83 Å². The van der Waals surface area contributed by atoms with Gasteiger partial charge in [0.2, 0.25) is 0 Å². The molecule has 1 aliphatic heterocycles. The Morgan fingerprint density at radius 2 is 1.94 bits per heavy atom. The second-order valence-electron chi connectivity index (χ2n) is 3.98. The third-order valence-electron chi connectivity index (χ3n) is 2.60. The van der Waals surface area contributed by atoms with E-state index in [9.17, 15) is 8.42 Å². The minimum Gasteiger partial charge on any atom is -0.262 e. The largest absolute Gasteiger partial charge is 0.262 e. The highest BCUT2D eigenvalue weighted by Gasteiger charge is 2.20. The van der Waals surface area contributed by atoms with Gasteiger partial charge in [0, 0.05) is 30.0 Å². The molecule has 0 bridgehead atoms. The van der Waals surface area contributed by atoms with Crippen LogP contribution in [0.15, 0.2) is 27.8 Å². The molecule has 94 valence electrons. The molecule has 2 rings (SSSR count). The molecule has 7 heteroatoms. The molecule has 5 nitrogen and oxygen atoms in total. The number of pyridine rings is 1. The SMILES string of the molecule is O=S(=O)(NN1CCCCC1)c1cncc(Br)c1. The van der Waals surface area contributed by atoms with Crippen molar-refractivity contribution < 1.29 is 8.42 Å². The van der Waals surface area contributed by atoms with Gasteiger partial charge < -0.3 is 0 Å². The third-order valence-corrected chi connectivity index (χ3v) is 4.37. The Bertz CT molecular complexity index is 486. The van der Waals surface area contributed by atoms with Crippen LogP contribution in [0.1, 0.15) is 19.3 Å². The van der Waals surface area contributed by atoms with Crippen LogP contribution in [-0.4, -0.2) is 31.5 Å². The van der Waals surface area contributed by atoms with E-state index in [-0.39, 0.29) is 4.90 Å². The van der Waals surface area contributed by atoms with E-state index < -0.39 is 10.0 Å². The number of nitrogens with zero attached hydrogens (tertiary/aromatic N) is 2. The van der Waals surface area contributed by atoms with Crippen LogP contribution in [0.25, 0.3) is 0 Å². The maximum absolute atomic E-state index is 12.0. The number of hydrogen-bond acceptors (Lipinski definition) is 4. The van der Waals surface area contributed by atoms with Gasteiger partial charge in [-0.3, -0.25) is 4.98 Å². The molecule has 0 unspecified atom stereocenters. The van der Waals surface area contributed by atoms with Crippen molar-refractivity contribution >= 4 is 26.0 Å². The van der Waals surface area contributed by atoms with Crippen molar-refractivity contribution in [2.45, 2.75) is 24.2 Å². The van der Waals surface area contributed by atoms with Crippen LogP contribution in [0.4, 0.5) is 0 Å². The smallest absolute Gasteiger partial charge is 0.255 e. The van der Waals surface area contributed by atoms with Gasteiger partial charge in [0.25, 0.3) is 10.0 Å². The molecule has 1 aromatic heterocycles. The van der Waals surface area contributed by atoms with Crippen molar-refractivity contribution in [3.8, 4) is 0 Å². The zero-order valence-corrected chi connectivity index (χ0v) is 11.7. The van der Waals surface area contributed by atoms with Crippen molar-refractivity contribution in [1.82, 2.24) is 14.8 Å². The summed E-state index contributed by atoms with van der Waals surface area (Å²) in [6.45, 7) is 1.53. The number of halogens is 1. The van der Waals surface area contributed by atoms with Crippen LogP contribution in [0.3, 0.4) is 0 Å². The quantitative estimate of drug-likeness (QED) is 0.917. The fourth-order valence-electron chi connectivity index (χ4n) is 1.75. The Balaban J connectivity index is 2.13. The van der Waals surface area contributed by atoms with Gasteiger partial charge >= 0.3 is 0 Å². The first kappa shape index (κ1) is 12.9. The van der Waals surface area contributed by atoms with Gasteiger partial charge in [0.1, 0.15) is 4.90 Å². The van der Waals surface area contributed by atoms with E-state index >= 15 is 0 Å². The summed E-state index contributed by atoms with van der Waals surface area (Å²) in [5.41, 5.74) is 0. The molecule has 2 heterocycles. The first-order chi connectivity index (χ1) is 8.08. The van der Waals surface area contributed by atoms with Gasteiger partial charge in [-0.05, 0) is 34.8 Å². The zero-order chi connectivity index (χ0) is 12.3. The molecule has 1 fully saturated rings. The molecular weight excluding hydrogens is 306 g/mol. The summed E-state index contributed by atoms with van der Waals surface area (Å²) in [6, 6.07) is 1.54. The fraction of sp³-hybridized carbons (Fsp3) is 0.500. The Labute approximate surface area is 109 Å². The van der Waals surface area contributed by atoms with Gasteiger partial charge in [-0.1, -0.05) is 6.42 Å². The lowest BCUT2D eigenvalue weighted by atomic mass is 10.2. The van der Waals surface area contributed by atoms with Crippen LogP contribution in [-0.2, 0) is 10.0 Å². The second kappa shape index (κ2) is 5.43. The molecule has 1 saturated heterocycles. The number of nitrogens with one attached hydrogen (secondary N) is 1. The summed E-state index contributed by atoms with van der Waals surface area (Å²) >= 11 is 3.21. The number of hydrogen-bond donors (Lipinski definition) is 1. The lowest BCUT2D eigenvalue weighted by molar-refractivity contribution is 0.200. The number of piperidine rings is 1. The summed E-state index contributed by atoms with van der Waals surface area (Å²) in [4.78, 5) is 6.62. The lowest BCUT2D eigenvalue weighted by Gasteiger charge is -2.26. The number of hydrazine groups is 1. The summed E-state index contributed by atoms with van der Waals surface area (Å²) in [5, 5.41) is 1.75. The average Bonchev–Trinajstić information content (AvgIpc) is 2.30. The first-order valence-electron chi connectivity index (χ1n) is 5.46. The van der Waals surface area contributed by atoms with Crippen molar-refractivity contribution in [3.05, 3.63) is 22.9 Å². The standard InChI is InChI=1S/C10H14BrN3O2S/c11-9-6-10(8-12-7-9)17(15,16)13-14-4-2-1-3-5-14/h6-8,13H,1-5H2. The van der Waals surface area contributed by atoms with E-state index in [1.165, 1.54) is 6.20 Å². The molecule has 0 spiro atoms. The van der Waals surface area contributed by atoms with Crippen molar-refractivity contribution in [2.24, 2.45) is 0 Å². The minimum absolute atomic E-state index is 0.178. The maximum Gasteiger partial charge on any atom is 0.255 e. The van der Waals surface area contributed by atoms with E-state index in [4.69, 9.17) is 0 Å². The highest BCUT2D eigenvalue weighted by molar-refractivity contribution is 9.10. The summed E-state index contributed by atoms with van der Waals surface area (Å²) in [7, 11) is -3.50. The lowest BCUT2D eigenvalue weighted by Crippen LogP contribution is -2.44. The Hall–Kier alpha value is -0.500. The number of aromatic nitrogens is 1. The molecule has 1 aliphatic rings. The third kappa shape index (κ3) is 3.48. The Morgan fingerprint density at radius 3 is 2.59 bits per heavy atom. The molecule has 0 amide bonds. The predicted octanol–water partition coefficient (Wildman–Crippen LogP) is 1.52. The highest BCUT2D eigenvalue weighted by atomic mass is 79.9. The predicted molar refractivity (Wildman–Crippen MR) is 67.7 cm³/mol. The van der Waals surface area contributed by atoms with Gasteiger partial charge in [0.15, 0.2) is 0 Å². The van der Waals surface area contributed by atoms with Crippen LogP contribution in [0, 0.1) is 0 Å². The summed E-state index contributed by atoms with van der Waals surface area (Å²) < 4.78 is 24.7. The molecule has 0 aromatic carbocycles. The second-order valence-corrected chi connectivity index (χ2v) is 6.56. The average molecular weight is 320 g/mol. The monoisotopic (exact) mass is 319 g/mol. The molecular formula is C10H14BrN3O2S. The Kier molecular flexibility index (Phi) is 4.13. The van der Waals surface area contributed by atoms with Crippen LogP contribution >= 0.6 is 15.9 Å². The number of rotatable bonds is 3. The molecule has 1 N–H and O–H groups in total. The molecule has 1 aromatic rings. The first-order valence-corrected chi connectivity index (χ1v) is 7.73. The van der Waals surface area contributed by atoms with Gasteiger partial charge in [-0.2, -0.15) is 0 Å². The van der Waals surface area contributed by atoms with E-state index in [0.29, 0.717) is 4.47 Å². The Morgan fingerprint density at radius 1 is 1.24 bits per heavy atom. The van der Waals surface area contributed by atoms with E-state index in [0.717, 1.165) is 32.4 Å². The molecule has 0 atom stereocenters. The molecule has 0 aliphatic carbocycles. The van der Waals surface area contributed by atoms with Crippen molar-refractivity contribution in [2.75, 3.05) is 13.1 Å². The van der Waals surface area contributed by atoms with Gasteiger partial charge in [-0.25, -0.2) is 13.4 Å². The number of sulfonamides is 1. The van der Waals surface area contributed by atoms with E-state index in [1.54, 1.807) is 17.3 Å². The van der Waals surface area contributed by atoms with Crippen LogP contribution in [0.2, 0.25) is 0 Å². The van der Waals surface area contributed by atoms with Gasteiger partial charge in [0.05, 0.1) is 0 Å². The summed E-state index contributed by atoms with van der Waals surface area (Å²) in [6.07, 6.45) is 6.12. The van der Waals surface area contributed by atoms with E-state index in [1.807, 2.05) is 0 Å². The van der Waals surface area contributed by atoms with Crippen LogP contribution in [0.5, 0.6) is 0 Å². The molecule has 0 radical (unpaired) electrons. The zero-order valence-electron chi connectivity index (χ0n) is 9.26. The van der Waals surface area contributed by atoms with Crippen molar-refractivity contribution in [1.29, 1.82) is 0 Å². The van der Waals surface area contributed by atoms with E-state index in [2.05, 4.69) is 25.7 Å². The normalized spacial score (nSPS) is 18.2. The van der Waals surface area contributed by atoms with Gasteiger partial charge in [-0.15, -0.1) is 4.83 Å². The topological polar surface area (TPSA) is 62.3 Å². The highest BCUT2D eigenvalue weighted by Crippen LogP contribution is 2.15. The van der Waals surface area contributed by atoms with Crippen molar-refractivity contribution in [3.63, 3.8) is 0 Å². The minimum atomic E-state index is -3.50. The summed E-state index contributed by atoms with van der Waals surface area (Å²) in [5.74, 6) is 0. The molecule has 17 heavy (non-hydrogen) atoms. The maximum atomic E-state index is 12.0.